The first kappa shape index (κ1) is 15.5. The number of benzene rings is 1. The van der Waals surface area contributed by atoms with Gasteiger partial charge in [-0.3, -0.25) is 4.79 Å². The molecule has 0 atom stereocenters. The molecule has 0 aromatic heterocycles. The molecular weight excluding hydrogens is 328 g/mol. The van der Waals surface area contributed by atoms with Crippen LogP contribution in [0.3, 0.4) is 0 Å². The summed E-state index contributed by atoms with van der Waals surface area (Å²) < 4.78 is 35.9. The minimum absolute atomic E-state index is 0.0869. The van der Waals surface area contributed by atoms with Crippen molar-refractivity contribution in [3.63, 3.8) is 0 Å². The molecule has 1 aromatic rings. The lowest BCUT2D eigenvalue weighted by Gasteiger charge is -2.11. The minimum Gasteiger partial charge on any atom is -0.351 e. The van der Waals surface area contributed by atoms with Crippen molar-refractivity contribution >= 4 is 37.2 Å². The van der Waals surface area contributed by atoms with Crippen molar-refractivity contribution in [2.45, 2.75) is 24.7 Å². The third-order valence-corrected chi connectivity index (χ3v) is 4.96. The van der Waals surface area contributed by atoms with Crippen LogP contribution in [-0.2, 0) is 9.05 Å². The maximum absolute atomic E-state index is 13.5. The topological polar surface area (TPSA) is 63.2 Å². The van der Waals surface area contributed by atoms with Gasteiger partial charge in [-0.1, -0.05) is 18.5 Å². The van der Waals surface area contributed by atoms with E-state index < -0.39 is 25.7 Å². The lowest BCUT2D eigenvalue weighted by atomic mass is 10.1. The van der Waals surface area contributed by atoms with Crippen LogP contribution in [0.1, 0.15) is 30.1 Å². The van der Waals surface area contributed by atoms with Crippen LogP contribution in [0.5, 0.6) is 0 Å². The Morgan fingerprint density at radius 1 is 1.45 bits per heavy atom. The molecule has 8 heteroatoms. The molecule has 0 bridgehead atoms. The number of hydrogen-bond acceptors (Lipinski definition) is 3. The molecule has 0 radical (unpaired) electrons. The molecule has 0 aliphatic heterocycles. The van der Waals surface area contributed by atoms with E-state index in [4.69, 9.17) is 22.3 Å². The Morgan fingerprint density at radius 3 is 2.55 bits per heavy atom. The summed E-state index contributed by atoms with van der Waals surface area (Å²) in [5.74, 6) is -1.64. The summed E-state index contributed by atoms with van der Waals surface area (Å²) in [4.78, 5) is 11.2. The molecule has 20 heavy (non-hydrogen) atoms. The first-order chi connectivity index (χ1) is 9.12. The fourth-order valence-electron chi connectivity index (χ4n) is 1.67. The van der Waals surface area contributed by atoms with Crippen LogP contribution < -0.4 is 5.32 Å². The van der Waals surface area contributed by atoms with E-state index >= 15 is 0 Å². The van der Waals surface area contributed by atoms with Gasteiger partial charge < -0.3 is 5.32 Å². The lowest BCUT2D eigenvalue weighted by Crippen LogP contribution is -2.29. The quantitative estimate of drug-likeness (QED) is 0.857. The fraction of sp³-hybridized carbons (Fsp3) is 0.417. The van der Waals surface area contributed by atoms with Crippen molar-refractivity contribution < 1.29 is 17.6 Å². The molecule has 1 fully saturated rings. The van der Waals surface area contributed by atoms with Gasteiger partial charge in [0.1, 0.15) is 10.7 Å². The summed E-state index contributed by atoms with van der Waals surface area (Å²) in [7, 11) is 0.831. The highest BCUT2D eigenvalue weighted by Crippen LogP contribution is 2.44. The lowest BCUT2D eigenvalue weighted by molar-refractivity contribution is 0.0946. The van der Waals surface area contributed by atoms with Gasteiger partial charge >= 0.3 is 0 Å². The Hall–Kier alpha value is -0.850. The predicted molar refractivity (Wildman–Crippen MR) is 74.1 cm³/mol. The van der Waals surface area contributed by atoms with Crippen molar-refractivity contribution in [1.29, 1.82) is 0 Å². The van der Waals surface area contributed by atoms with Gasteiger partial charge in [-0.05, 0) is 30.4 Å². The molecule has 1 aliphatic carbocycles. The molecule has 1 amide bonds. The molecule has 4 nitrogen and oxygen atoms in total. The van der Waals surface area contributed by atoms with Gasteiger partial charge in [0.25, 0.3) is 15.0 Å². The van der Waals surface area contributed by atoms with E-state index in [9.17, 15) is 17.6 Å². The molecule has 110 valence electrons. The summed E-state index contributed by atoms with van der Waals surface area (Å²) in [5, 5.41) is 2.49. The third kappa shape index (κ3) is 3.42. The molecule has 1 aliphatic rings. The standard InChI is InChI=1S/C12H12Cl2FNO3S/c1-12(2-3-12)6-16-11(17)7-4-10(20(14,18)19)9(15)5-8(7)13/h4-5H,2-3,6H2,1H3,(H,16,17). The summed E-state index contributed by atoms with van der Waals surface area (Å²) >= 11 is 5.77. The van der Waals surface area contributed by atoms with Gasteiger partial charge in [0, 0.05) is 17.2 Å². The van der Waals surface area contributed by atoms with Gasteiger partial charge in [0.05, 0.1) is 10.6 Å². The molecule has 0 unspecified atom stereocenters. The zero-order chi connectivity index (χ0) is 15.1. The molecule has 0 heterocycles. The first-order valence-corrected chi connectivity index (χ1v) is 8.53. The van der Waals surface area contributed by atoms with E-state index in [0.717, 1.165) is 25.0 Å². The zero-order valence-corrected chi connectivity index (χ0v) is 12.9. The Morgan fingerprint density at radius 2 is 2.05 bits per heavy atom. The Kier molecular flexibility index (Phi) is 4.01. The van der Waals surface area contributed by atoms with E-state index in [2.05, 4.69) is 5.32 Å². The van der Waals surface area contributed by atoms with Crippen molar-refractivity contribution in [2.75, 3.05) is 6.54 Å². The van der Waals surface area contributed by atoms with E-state index in [0.29, 0.717) is 6.54 Å². The molecule has 1 N–H and O–H groups in total. The highest BCUT2D eigenvalue weighted by Gasteiger charge is 2.37. The summed E-state index contributed by atoms with van der Waals surface area (Å²) in [6.07, 6.45) is 2.04. The Labute approximate surface area is 125 Å². The SMILES string of the molecule is CC1(CNC(=O)c2cc(S(=O)(=O)Cl)c(F)cc2Cl)CC1. The maximum atomic E-state index is 13.5. The highest BCUT2D eigenvalue weighted by molar-refractivity contribution is 8.13. The smallest absolute Gasteiger partial charge is 0.264 e. The average molecular weight is 340 g/mol. The minimum atomic E-state index is -4.28. The Balaban J connectivity index is 2.28. The van der Waals surface area contributed by atoms with E-state index in [1.54, 1.807) is 0 Å². The molecule has 1 saturated carbocycles. The normalized spacial score (nSPS) is 16.8. The second-order valence-electron chi connectivity index (χ2n) is 5.19. The number of hydrogen-bond donors (Lipinski definition) is 1. The van der Waals surface area contributed by atoms with Gasteiger partial charge in [-0.2, -0.15) is 0 Å². The number of amides is 1. The van der Waals surface area contributed by atoms with E-state index in [-0.39, 0.29) is 16.0 Å². The van der Waals surface area contributed by atoms with Crippen LogP contribution >= 0.6 is 22.3 Å². The van der Waals surface area contributed by atoms with E-state index in [1.165, 1.54) is 0 Å². The van der Waals surface area contributed by atoms with Gasteiger partial charge in [0.15, 0.2) is 0 Å². The number of carbonyl (C=O) groups is 1. The van der Waals surface area contributed by atoms with Crippen LogP contribution in [0.15, 0.2) is 17.0 Å². The van der Waals surface area contributed by atoms with Crippen molar-refractivity contribution in [1.82, 2.24) is 5.32 Å². The molecule has 0 spiro atoms. The molecule has 0 saturated heterocycles. The van der Waals surface area contributed by atoms with Crippen LogP contribution in [0.4, 0.5) is 4.39 Å². The van der Waals surface area contributed by atoms with Gasteiger partial charge in [-0.15, -0.1) is 0 Å². The summed E-state index contributed by atoms with van der Waals surface area (Å²) in [6.45, 7) is 2.48. The summed E-state index contributed by atoms with van der Waals surface area (Å²) in [6, 6.07) is 1.62. The van der Waals surface area contributed by atoms with Crippen molar-refractivity contribution in [2.24, 2.45) is 5.41 Å². The van der Waals surface area contributed by atoms with Gasteiger partial charge in [-0.25, -0.2) is 12.8 Å². The van der Waals surface area contributed by atoms with Crippen LogP contribution in [0.2, 0.25) is 5.02 Å². The number of halogens is 3. The maximum Gasteiger partial charge on any atom is 0.264 e. The third-order valence-electron chi connectivity index (χ3n) is 3.31. The Bertz CT molecular complexity index is 672. The molecule has 1 aromatic carbocycles. The molecule has 2 rings (SSSR count). The van der Waals surface area contributed by atoms with Crippen molar-refractivity contribution in [3.8, 4) is 0 Å². The number of rotatable bonds is 4. The highest BCUT2D eigenvalue weighted by atomic mass is 35.7. The van der Waals surface area contributed by atoms with Crippen molar-refractivity contribution in [3.05, 3.63) is 28.5 Å². The second-order valence-corrected chi connectivity index (χ2v) is 8.14. The average Bonchev–Trinajstić information content (AvgIpc) is 3.03. The van der Waals surface area contributed by atoms with Crippen LogP contribution in [-0.4, -0.2) is 20.9 Å². The summed E-state index contributed by atoms with van der Waals surface area (Å²) in [5.41, 5.74) is -0.0275. The largest absolute Gasteiger partial charge is 0.351 e. The van der Waals surface area contributed by atoms with Crippen LogP contribution in [0.25, 0.3) is 0 Å². The first-order valence-electron chi connectivity index (χ1n) is 5.84. The van der Waals surface area contributed by atoms with E-state index in [1.807, 2.05) is 6.92 Å². The van der Waals surface area contributed by atoms with Crippen LogP contribution in [0, 0.1) is 11.2 Å². The second kappa shape index (κ2) is 5.16. The number of nitrogens with one attached hydrogen (secondary N) is 1. The zero-order valence-electron chi connectivity index (χ0n) is 10.5. The predicted octanol–water partition coefficient (Wildman–Crippen LogP) is 2.94. The fourth-order valence-corrected chi connectivity index (χ4v) is 2.81. The van der Waals surface area contributed by atoms with Gasteiger partial charge in [0.2, 0.25) is 0 Å². The monoisotopic (exact) mass is 339 g/mol. The number of carbonyl (C=O) groups excluding carboxylic acids is 1. The molecular formula is C12H12Cl2FNO3S.